The maximum absolute atomic E-state index is 5.61. The lowest BCUT2D eigenvalue weighted by molar-refractivity contribution is 0.173. The van der Waals surface area contributed by atoms with Gasteiger partial charge in [-0.3, -0.25) is 4.90 Å². The summed E-state index contributed by atoms with van der Waals surface area (Å²) in [6, 6.07) is 16.3. The van der Waals surface area contributed by atoms with Gasteiger partial charge in [-0.15, -0.1) is 0 Å². The van der Waals surface area contributed by atoms with Crippen LogP contribution >= 0.6 is 0 Å². The van der Waals surface area contributed by atoms with Crippen molar-refractivity contribution in [2.75, 3.05) is 13.2 Å². The number of hydrogen-bond acceptors (Lipinski definition) is 2. The molecule has 2 heterocycles. The molecule has 0 radical (unpaired) electrons. The molecule has 0 saturated heterocycles. The summed E-state index contributed by atoms with van der Waals surface area (Å²) in [4.78, 5) is 2.73. The van der Waals surface area contributed by atoms with E-state index in [1.54, 1.807) is 11.3 Å². The maximum Gasteiger partial charge on any atom is 0.119 e. The van der Waals surface area contributed by atoms with Crippen molar-refractivity contribution in [3.05, 3.63) is 64.8 Å². The third-order valence-electron chi connectivity index (χ3n) is 6.48. The number of aryl methyl sites for hydroxylation is 3. The van der Waals surface area contributed by atoms with Crippen LogP contribution in [0.15, 0.2) is 42.5 Å². The van der Waals surface area contributed by atoms with Crippen LogP contribution in [-0.4, -0.2) is 22.6 Å². The molecule has 0 fully saturated rings. The van der Waals surface area contributed by atoms with Crippen molar-refractivity contribution in [1.82, 2.24) is 9.47 Å². The van der Waals surface area contributed by atoms with E-state index in [2.05, 4.69) is 58.9 Å². The Labute approximate surface area is 167 Å². The Morgan fingerprint density at radius 1 is 1.04 bits per heavy atom. The minimum atomic E-state index is 0.547. The zero-order chi connectivity index (χ0) is 19.1. The molecule has 3 heteroatoms. The standard InChI is InChI=1S/C25H30N2O/c1-3-28-20-11-9-19(10-12-20)17-26-14-5-15-27-23-13-8-18(2)16-22(23)21-6-4-7-24(26)25(21)27/h8-13,16,24H,3-7,14-15,17H2,1-2H3/t24-/m0/s1. The number of hydrogen-bond donors (Lipinski definition) is 0. The highest BCUT2D eigenvalue weighted by Crippen LogP contribution is 2.42. The molecule has 146 valence electrons. The number of ether oxygens (including phenoxy) is 1. The van der Waals surface area contributed by atoms with Crippen molar-refractivity contribution in [1.29, 1.82) is 0 Å². The first-order valence-corrected chi connectivity index (χ1v) is 10.8. The molecule has 0 bridgehead atoms. The number of aromatic nitrogens is 1. The first-order chi connectivity index (χ1) is 13.7. The predicted octanol–water partition coefficient (Wildman–Crippen LogP) is 5.63. The lowest BCUT2D eigenvalue weighted by Gasteiger charge is -2.33. The van der Waals surface area contributed by atoms with Gasteiger partial charge in [-0.05, 0) is 74.9 Å². The van der Waals surface area contributed by atoms with Crippen molar-refractivity contribution in [3.8, 4) is 5.75 Å². The van der Waals surface area contributed by atoms with E-state index in [9.17, 15) is 0 Å². The molecule has 3 nitrogen and oxygen atoms in total. The smallest absolute Gasteiger partial charge is 0.119 e. The van der Waals surface area contributed by atoms with Crippen molar-refractivity contribution in [2.45, 2.75) is 58.7 Å². The Hall–Kier alpha value is -2.26. The molecule has 2 aliphatic rings. The van der Waals surface area contributed by atoms with Gasteiger partial charge in [0, 0.05) is 36.2 Å². The number of benzene rings is 2. The number of rotatable bonds is 4. The Kier molecular flexibility index (Phi) is 4.64. The fraction of sp³-hybridized carbons (Fsp3) is 0.440. The van der Waals surface area contributed by atoms with Crippen molar-refractivity contribution in [2.24, 2.45) is 0 Å². The molecule has 1 atom stereocenters. The minimum Gasteiger partial charge on any atom is -0.494 e. The van der Waals surface area contributed by atoms with Crippen molar-refractivity contribution in [3.63, 3.8) is 0 Å². The zero-order valence-corrected chi connectivity index (χ0v) is 17.1. The van der Waals surface area contributed by atoms with Gasteiger partial charge < -0.3 is 9.30 Å². The second-order valence-electron chi connectivity index (χ2n) is 8.35. The molecule has 5 rings (SSSR count). The number of fused-ring (bicyclic) bond motifs is 3. The van der Waals surface area contributed by atoms with Gasteiger partial charge in [0.15, 0.2) is 0 Å². The van der Waals surface area contributed by atoms with Gasteiger partial charge >= 0.3 is 0 Å². The first-order valence-electron chi connectivity index (χ1n) is 10.8. The SMILES string of the molecule is CCOc1ccc(CN2CCCn3c4c(c5cc(C)ccc53)CCC[C@@H]42)cc1. The van der Waals surface area contributed by atoms with E-state index in [0.29, 0.717) is 6.04 Å². The Morgan fingerprint density at radius 2 is 1.89 bits per heavy atom. The zero-order valence-electron chi connectivity index (χ0n) is 17.1. The fourth-order valence-corrected chi connectivity index (χ4v) is 5.28. The third-order valence-corrected chi connectivity index (χ3v) is 6.48. The molecule has 0 N–H and O–H groups in total. The highest BCUT2D eigenvalue weighted by molar-refractivity contribution is 5.86. The molecule has 3 aromatic rings. The summed E-state index contributed by atoms with van der Waals surface area (Å²) < 4.78 is 8.26. The summed E-state index contributed by atoms with van der Waals surface area (Å²) in [6.45, 7) is 8.31. The maximum atomic E-state index is 5.61. The van der Waals surface area contributed by atoms with Gasteiger partial charge in [-0.2, -0.15) is 0 Å². The van der Waals surface area contributed by atoms with Gasteiger partial charge in [-0.1, -0.05) is 23.8 Å². The molecule has 2 aromatic carbocycles. The molecule has 0 spiro atoms. The van der Waals surface area contributed by atoms with Crippen LogP contribution in [0, 0.1) is 6.92 Å². The van der Waals surface area contributed by atoms with Crippen LogP contribution in [0.3, 0.4) is 0 Å². The van der Waals surface area contributed by atoms with Crippen LogP contribution in [-0.2, 0) is 19.5 Å². The second-order valence-corrected chi connectivity index (χ2v) is 8.35. The van der Waals surface area contributed by atoms with E-state index in [4.69, 9.17) is 4.74 Å². The first kappa shape index (κ1) is 17.8. The molecule has 0 amide bonds. The normalized spacial score (nSPS) is 19.4. The lowest BCUT2D eigenvalue weighted by atomic mass is 9.90. The Bertz CT molecular complexity index is 982. The predicted molar refractivity (Wildman–Crippen MR) is 115 cm³/mol. The van der Waals surface area contributed by atoms with Crippen LogP contribution in [0.4, 0.5) is 0 Å². The number of nitrogens with zero attached hydrogens (tertiary/aromatic N) is 2. The van der Waals surface area contributed by atoms with Crippen LogP contribution < -0.4 is 4.74 Å². The molecule has 1 aliphatic carbocycles. The summed E-state index contributed by atoms with van der Waals surface area (Å²) in [7, 11) is 0. The molecule has 1 aromatic heterocycles. The third kappa shape index (κ3) is 3.02. The van der Waals surface area contributed by atoms with Gasteiger partial charge in [0.05, 0.1) is 12.6 Å². The Morgan fingerprint density at radius 3 is 2.71 bits per heavy atom. The highest BCUT2D eigenvalue weighted by atomic mass is 16.5. The van der Waals surface area contributed by atoms with Crippen molar-refractivity contribution >= 4 is 10.9 Å². The quantitative estimate of drug-likeness (QED) is 0.589. The summed E-state index contributed by atoms with van der Waals surface area (Å²) in [6.07, 6.45) is 5.02. The van der Waals surface area contributed by atoms with E-state index in [-0.39, 0.29) is 0 Å². The van der Waals surface area contributed by atoms with Crippen LogP contribution in [0.5, 0.6) is 5.75 Å². The highest BCUT2D eigenvalue weighted by Gasteiger charge is 2.33. The summed E-state index contributed by atoms with van der Waals surface area (Å²) >= 11 is 0. The molecular formula is C25H30N2O. The minimum absolute atomic E-state index is 0.547. The largest absolute Gasteiger partial charge is 0.494 e. The lowest BCUT2D eigenvalue weighted by Crippen LogP contribution is -2.31. The van der Waals surface area contributed by atoms with Crippen LogP contribution in [0.25, 0.3) is 10.9 Å². The van der Waals surface area contributed by atoms with Crippen LogP contribution in [0.1, 0.15) is 54.6 Å². The fourth-order valence-electron chi connectivity index (χ4n) is 5.28. The molecule has 1 aliphatic heterocycles. The van der Waals surface area contributed by atoms with Crippen molar-refractivity contribution < 1.29 is 4.74 Å². The van der Waals surface area contributed by atoms with Gasteiger partial charge in [0.25, 0.3) is 0 Å². The molecule has 28 heavy (non-hydrogen) atoms. The van der Waals surface area contributed by atoms with E-state index < -0.39 is 0 Å². The molecular weight excluding hydrogens is 344 g/mol. The molecule has 0 unspecified atom stereocenters. The average molecular weight is 375 g/mol. The van der Waals surface area contributed by atoms with Gasteiger partial charge in [-0.25, -0.2) is 0 Å². The molecule has 0 saturated carbocycles. The topological polar surface area (TPSA) is 17.4 Å². The average Bonchev–Trinajstić information content (AvgIpc) is 2.90. The van der Waals surface area contributed by atoms with E-state index in [0.717, 1.165) is 25.4 Å². The van der Waals surface area contributed by atoms with Gasteiger partial charge in [0.2, 0.25) is 0 Å². The van der Waals surface area contributed by atoms with Crippen LogP contribution in [0.2, 0.25) is 0 Å². The second kappa shape index (κ2) is 7.29. The van der Waals surface area contributed by atoms with Gasteiger partial charge in [0.1, 0.15) is 5.75 Å². The van der Waals surface area contributed by atoms with E-state index in [1.165, 1.54) is 54.3 Å². The summed E-state index contributed by atoms with van der Waals surface area (Å²) in [5, 5.41) is 1.50. The monoisotopic (exact) mass is 374 g/mol. The van der Waals surface area contributed by atoms with E-state index in [1.807, 2.05) is 6.92 Å². The Balaban J connectivity index is 1.50. The summed E-state index contributed by atoms with van der Waals surface area (Å²) in [5.41, 5.74) is 7.43. The summed E-state index contributed by atoms with van der Waals surface area (Å²) in [5.74, 6) is 0.970. The van der Waals surface area contributed by atoms with E-state index >= 15 is 0 Å².